The van der Waals surface area contributed by atoms with Crippen LogP contribution >= 0.6 is 0 Å². The zero-order chi connectivity index (χ0) is 21.8. The summed E-state index contributed by atoms with van der Waals surface area (Å²) in [5.74, 6) is 0.699. The minimum absolute atomic E-state index is 0.146. The maximum absolute atomic E-state index is 12.6. The number of fused-ring (bicyclic) bond motifs is 1. The van der Waals surface area contributed by atoms with E-state index in [0.717, 1.165) is 41.0 Å². The maximum Gasteiger partial charge on any atom is 0.255 e. The lowest BCUT2D eigenvalue weighted by atomic mass is 10.1. The molecule has 0 atom stereocenters. The number of rotatable bonds is 6. The van der Waals surface area contributed by atoms with E-state index in [-0.39, 0.29) is 11.8 Å². The first-order valence-electron chi connectivity index (χ1n) is 10.2. The minimum Gasteiger partial charge on any atom is -0.331 e. The molecule has 0 fully saturated rings. The van der Waals surface area contributed by atoms with E-state index in [2.05, 4.69) is 27.3 Å². The molecule has 156 valence electrons. The number of aryl methyl sites for hydroxylation is 3. The second kappa shape index (κ2) is 8.83. The van der Waals surface area contributed by atoms with Gasteiger partial charge in [0.2, 0.25) is 5.91 Å². The number of aromatic nitrogens is 2. The molecule has 4 aromatic rings. The Balaban J connectivity index is 1.41. The van der Waals surface area contributed by atoms with Gasteiger partial charge in [-0.05, 0) is 60.5 Å². The Morgan fingerprint density at radius 2 is 1.65 bits per heavy atom. The molecular formula is C25H24N4O2. The van der Waals surface area contributed by atoms with E-state index in [1.807, 2.05) is 43.4 Å². The molecule has 0 spiro atoms. The van der Waals surface area contributed by atoms with E-state index in [9.17, 15) is 9.59 Å². The van der Waals surface area contributed by atoms with Crippen LogP contribution in [0.5, 0.6) is 0 Å². The van der Waals surface area contributed by atoms with Crippen molar-refractivity contribution < 1.29 is 9.59 Å². The number of hydrogen-bond acceptors (Lipinski definition) is 3. The number of hydrogen-bond donors (Lipinski definition) is 2. The van der Waals surface area contributed by atoms with Gasteiger partial charge in [0.15, 0.2) is 0 Å². The topological polar surface area (TPSA) is 76.0 Å². The monoisotopic (exact) mass is 412 g/mol. The van der Waals surface area contributed by atoms with Crippen LogP contribution in [0.3, 0.4) is 0 Å². The van der Waals surface area contributed by atoms with Crippen LogP contribution in [0.2, 0.25) is 0 Å². The van der Waals surface area contributed by atoms with E-state index < -0.39 is 0 Å². The number of benzene rings is 3. The Hall–Kier alpha value is -3.93. The highest BCUT2D eigenvalue weighted by Gasteiger charge is 2.09. The van der Waals surface area contributed by atoms with Gasteiger partial charge < -0.3 is 15.2 Å². The molecule has 6 heteroatoms. The quantitative estimate of drug-likeness (QED) is 0.487. The molecule has 0 saturated carbocycles. The molecule has 0 aliphatic heterocycles. The molecule has 1 heterocycles. The average molecular weight is 412 g/mol. The minimum atomic E-state index is -0.193. The number of carbonyl (C=O) groups is 2. The summed E-state index contributed by atoms with van der Waals surface area (Å²) in [6.07, 6.45) is 1.64. The molecular weight excluding hydrogens is 388 g/mol. The number of para-hydroxylation sites is 2. The Bertz CT molecular complexity index is 1240. The molecule has 2 amide bonds. The number of carbonyl (C=O) groups excluding carboxylic acids is 2. The van der Waals surface area contributed by atoms with Crippen molar-refractivity contribution in [2.24, 2.45) is 7.05 Å². The van der Waals surface area contributed by atoms with Gasteiger partial charge >= 0.3 is 0 Å². The smallest absolute Gasteiger partial charge is 0.255 e. The molecule has 0 bridgehead atoms. The van der Waals surface area contributed by atoms with Crippen molar-refractivity contribution in [3.05, 3.63) is 89.7 Å². The molecule has 4 rings (SSSR count). The summed E-state index contributed by atoms with van der Waals surface area (Å²) in [7, 11) is 2.04. The molecule has 6 nitrogen and oxygen atoms in total. The van der Waals surface area contributed by atoms with E-state index in [4.69, 9.17) is 4.98 Å². The zero-order valence-corrected chi connectivity index (χ0v) is 17.6. The van der Waals surface area contributed by atoms with Gasteiger partial charge in [-0.3, -0.25) is 9.59 Å². The van der Waals surface area contributed by atoms with Crippen LogP contribution in [0.25, 0.3) is 11.0 Å². The summed E-state index contributed by atoms with van der Waals surface area (Å²) in [4.78, 5) is 28.4. The van der Waals surface area contributed by atoms with Gasteiger partial charge in [-0.25, -0.2) is 4.98 Å². The van der Waals surface area contributed by atoms with Crippen molar-refractivity contribution in [1.29, 1.82) is 0 Å². The normalized spacial score (nSPS) is 10.8. The van der Waals surface area contributed by atoms with Crippen LogP contribution in [0.1, 0.15) is 28.7 Å². The molecule has 31 heavy (non-hydrogen) atoms. The van der Waals surface area contributed by atoms with Crippen molar-refractivity contribution >= 4 is 34.2 Å². The summed E-state index contributed by atoms with van der Waals surface area (Å²) >= 11 is 0. The number of amides is 2. The number of nitrogens with zero attached hydrogens (tertiary/aromatic N) is 2. The highest BCUT2D eigenvalue weighted by Crippen LogP contribution is 2.18. The van der Waals surface area contributed by atoms with E-state index in [0.29, 0.717) is 11.3 Å². The molecule has 0 radical (unpaired) electrons. The van der Waals surface area contributed by atoms with Crippen LogP contribution in [0.15, 0.2) is 72.8 Å². The number of anilines is 2. The molecule has 1 aromatic heterocycles. The van der Waals surface area contributed by atoms with Crippen LogP contribution in [-0.2, 0) is 24.7 Å². The van der Waals surface area contributed by atoms with Crippen LogP contribution in [0, 0.1) is 0 Å². The lowest BCUT2D eigenvalue weighted by Gasteiger charge is -2.09. The first-order valence-corrected chi connectivity index (χ1v) is 10.2. The fraction of sp³-hybridized carbons (Fsp3) is 0.160. The largest absolute Gasteiger partial charge is 0.331 e. The summed E-state index contributed by atoms with van der Waals surface area (Å²) in [5, 5.41) is 5.63. The summed E-state index contributed by atoms with van der Waals surface area (Å²) in [5.41, 5.74) is 5.20. The molecule has 0 unspecified atom stereocenters. The molecule has 2 N–H and O–H groups in total. The molecule has 0 saturated heterocycles. The SMILES string of the molecule is CC(=O)Nc1ccc(C(=O)Nc2cccc(CCc3nc4ccccc4n3C)c2)cc1. The van der Waals surface area contributed by atoms with Crippen molar-refractivity contribution in [3.8, 4) is 0 Å². The summed E-state index contributed by atoms with van der Waals surface area (Å²) in [6, 6.07) is 22.8. The van der Waals surface area contributed by atoms with Crippen LogP contribution in [-0.4, -0.2) is 21.4 Å². The zero-order valence-electron chi connectivity index (χ0n) is 17.6. The summed E-state index contributed by atoms with van der Waals surface area (Å²) in [6.45, 7) is 1.45. The maximum atomic E-state index is 12.6. The third kappa shape index (κ3) is 4.80. The van der Waals surface area contributed by atoms with Gasteiger partial charge in [-0.2, -0.15) is 0 Å². The number of imidazole rings is 1. The van der Waals surface area contributed by atoms with Gasteiger partial charge in [0.1, 0.15) is 5.82 Å². The average Bonchev–Trinajstić information content (AvgIpc) is 3.08. The Morgan fingerprint density at radius 3 is 2.39 bits per heavy atom. The molecule has 0 aliphatic carbocycles. The highest BCUT2D eigenvalue weighted by molar-refractivity contribution is 6.04. The van der Waals surface area contributed by atoms with E-state index >= 15 is 0 Å². The fourth-order valence-corrected chi connectivity index (χ4v) is 3.59. The van der Waals surface area contributed by atoms with Crippen LogP contribution < -0.4 is 10.6 Å². The van der Waals surface area contributed by atoms with Gasteiger partial charge in [-0.1, -0.05) is 24.3 Å². The second-order valence-electron chi connectivity index (χ2n) is 7.49. The summed E-state index contributed by atoms with van der Waals surface area (Å²) < 4.78 is 2.13. The lowest BCUT2D eigenvalue weighted by Crippen LogP contribution is -2.12. The molecule has 3 aromatic carbocycles. The van der Waals surface area contributed by atoms with E-state index in [1.165, 1.54) is 6.92 Å². The first-order chi connectivity index (χ1) is 15.0. The van der Waals surface area contributed by atoms with Crippen molar-refractivity contribution in [1.82, 2.24) is 9.55 Å². The Labute approximate surface area is 180 Å². The van der Waals surface area contributed by atoms with Gasteiger partial charge in [0.25, 0.3) is 5.91 Å². The molecule has 0 aliphatic rings. The number of nitrogens with one attached hydrogen (secondary N) is 2. The second-order valence-corrected chi connectivity index (χ2v) is 7.49. The Morgan fingerprint density at radius 1 is 0.871 bits per heavy atom. The van der Waals surface area contributed by atoms with Gasteiger partial charge in [0.05, 0.1) is 11.0 Å². The standard InChI is InChI=1S/C25H24N4O2/c1-17(30)26-20-13-11-19(12-14-20)25(31)27-21-7-5-6-18(16-21)10-15-24-28-22-8-3-4-9-23(22)29(24)2/h3-9,11-14,16H,10,15H2,1-2H3,(H,26,30)(H,27,31). The van der Waals surface area contributed by atoms with E-state index in [1.54, 1.807) is 24.3 Å². The van der Waals surface area contributed by atoms with Gasteiger partial charge in [-0.15, -0.1) is 0 Å². The van der Waals surface area contributed by atoms with Crippen molar-refractivity contribution in [2.75, 3.05) is 10.6 Å². The first kappa shape index (κ1) is 20.3. The fourth-order valence-electron chi connectivity index (χ4n) is 3.59. The third-order valence-corrected chi connectivity index (χ3v) is 5.17. The Kier molecular flexibility index (Phi) is 5.80. The predicted molar refractivity (Wildman–Crippen MR) is 123 cm³/mol. The third-order valence-electron chi connectivity index (χ3n) is 5.17. The highest BCUT2D eigenvalue weighted by atomic mass is 16.2. The van der Waals surface area contributed by atoms with Crippen LogP contribution in [0.4, 0.5) is 11.4 Å². The van der Waals surface area contributed by atoms with Crippen molar-refractivity contribution in [3.63, 3.8) is 0 Å². The predicted octanol–water partition coefficient (Wildman–Crippen LogP) is 4.57. The van der Waals surface area contributed by atoms with Gasteiger partial charge in [0, 0.05) is 37.3 Å². The van der Waals surface area contributed by atoms with Crippen molar-refractivity contribution in [2.45, 2.75) is 19.8 Å². The lowest BCUT2D eigenvalue weighted by molar-refractivity contribution is -0.114.